The van der Waals surface area contributed by atoms with E-state index in [0.717, 1.165) is 0 Å². The van der Waals surface area contributed by atoms with Gasteiger partial charge in [-0.25, -0.2) is 8.42 Å². The molecule has 1 amide bonds. The minimum absolute atomic E-state index is 0.0426. The largest absolute Gasteiger partial charge is 0.325 e. The number of carbonyl (C=O) groups excluding carboxylic acids is 1. The van der Waals surface area contributed by atoms with Crippen LogP contribution in [0, 0.1) is 11.3 Å². The summed E-state index contributed by atoms with van der Waals surface area (Å²) in [4.78, 5) is 10.9. The molecule has 0 saturated carbocycles. The second-order valence-electron chi connectivity index (χ2n) is 4.59. The van der Waals surface area contributed by atoms with Gasteiger partial charge in [-0.05, 0) is 30.3 Å². The molecule has 0 unspecified atom stereocenters. The van der Waals surface area contributed by atoms with E-state index in [1.807, 2.05) is 6.07 Å². The van der Waals surface area contributed by atoms with Crippen molar-refractivity contribution in [3.05, 3.63) is 53.1 Å². The highest BCUT2D eigenvalue weighted by atomic mass is 35.5. The van der Waals surface area contributed by atoms with Crippen LogP contribution in [0.3, 0.4) is 0 Å². The van der Waals surface area contributed by atoms with E-state index in [2.05, 4.69) is 10.0 Å². The Balaban J connectivity index is 2.33. The zero-order valence-electron chi connectivity index (χ0n) is 12.0. The average molecular weight is 350 g/mol. The van der Waals surface area contributed by atoms with Gasteiger partial charge in [0.1, 0.15) is 11.0 Å². The van der Waals surface area contributed by atoms with Crippen LogP contribution in [-0.4, -0.2) is 14.3 Å². The van der Waals surface area contributed by atoms with Crippen molar-refractivity contribution in [2.75, 3.05) is 10.0 Å². The van der Waals surface area contributed by atoms with E-state index in [1.54, 1.807) is 6.07 Å². The molecule has 0 aliphatic heterocycles. The molecule has 2 N–H and O–H groups in total. The number of nitrogens with zero attached hydrogens (tertiary/aromatic N) is 1. The van der Waals surface area contributed by atoms with Gasteiger partial charge in [-0.1, -0.05) is 23.7 Å². The Morgan fingerprint density at radius 3 is 2.52 bits per heavy atom. The topological polar surface area (TPSA) is 99.1 Å². The van der Waals surface area contributed by atoms with E-state index in [1.165, 1.54) is 43.3 Å². The average Bonchev–Trinajstić information content (AvgIpc) is 2.49. The monoisotopic (exact) mass is 349 g/mol. The summed E-state index contributed by atoms with van der Waals surface area (Å²) >= 11 is 6.01. The van der Waals surface area contributed by atoms with Crippen LogP contribution in [0.15, 0.2) is 47.4 Å². The smallest absolute Gasteiger partial charge is 0.263 e. The van der Waals surface area contributed by atoms with Crippen LogP contribution in [0.5, 0.6) is 0 Å². The number of hydrogen-bond acceptors (Lipinski definition) is 4. The van der Waals surface area contributed by atoms with Crippen LogP contribution in [-0.2, 0) is 14.8 Å². The van der Waals surface area contributed by atoms with Crippen molar-refractivity contribution in [2.24, 2.45) is 0 Å². The van der Waals surface area contributed by atoms with Crippen LogP contribution < -0.4 is 10.0 Å². The predicted octanol–water partition coefficient (Wildman–Crippen LogP) is 2.97. The molecule has 6 nitrogen and oxygen atoms in total. The van der Waals surface area contributed by atoms with Gasteiger partial charge in [0.05, 0.1) is 22.0 Å². The number of amides is 1. The minimum atomic E-state index is -3.93. The Hall–Kier alpha value is -2.56. The summed E-state index contributed by atoms with van der Waals surface area (Å²) in [5.74, 6) is -0.289. The Morgan fingerprint density at radius 2 is 1.91 bits per heavy atom. The van der Waals surface area contributed by atoms with Crippen molar-refractivity contribution in [2.45, 2.75) is 11.8 Å². The standard InChI is InChI=1S/C15H12ClN3O3S/c1-10(20)18-14-7-6-12(8-13(14)16)19-23(21,22)15-5-3-2-4-11(15)9-17/h2-8,19H,1H3,(H,18,20). The first-order valence-corrected chi connectivity index (χ1v) is 8.28. The molecule has 0 fully saturated rings. The van der Waals surface area contributed by atoms with E-state index in [9.17, 15) is 13.2 Å². The van der Waals surface area contributed by atoms with Gasteiger partial charge in [0, 0.05) is 6.92 Å². The lowest BCUT2D eigenvalue weighted by molar-refractivity contribution is -0.114. The van der Waals surface area contributed by atoms with E-state index < -0.39 is 10.0 Å². The summed E-state index contributed by atoms with van der Waals surface area (Å²) in [7, 11) is -3.93. The maximum absolute atomic E-state index is 12.4. The fraction of sp³-hybridized carbons (Fsp3) is 0.0667. The molecule has 0 aromatic heterocycles. The SMILES string of the molecule is CC(=O)Nc1ccc(NS(=O)(=O)c2ccccc2C#N)cc1Cl. The summed E-state index contributed by atoms with van der Waals surface area (Å²) in [6, 6.07) is 12.0. The number of sulfonamides is 1. The molecule has 23 heavy (non-hydrogen) atoms. The Morgan fingerprint density at radius 1 is 1.22 bits per heavy atom. The van der Waals surface area contributed by atoms with Gasteiger partial charge < -0.3 is 5.32 Å². The highest BCUT2D eigenvalue weighted by molar-refractivity contribution is 7.92. The number of rotatable bonds is 4. The van der Waals surface area contributed by atoms with Gasteiger partial charge in [-0.15, -0.1) is 0 Å². The lowest BCUT2D eigenvalue weighted by atomic mass is 10.2. The van der Waals surface area contributed by atoms with Crippen LogP contribution in [0.1, 0.15) is 12.5 Å². The third kappa shape index (κ3) is 4.00. The number of hydrogen-bond donors (Lipinski definition) is 2. The summed E-state index contributed by atoms with van der Waals surface area (Å²) in [5.41, 5.74) is 0.636. The molecule has 2 aromatic carbocycles. The minimum Gasteiger partial charge on any atom is -0.325 e. The molecule has 0 spiro atoms. The molecule has 2 rings (SSSR count). The fourth-order valence-corrected chi connectivity index (χ4v) is 3.31. The zero-order valence-corrected chi connectivity index (χ0v) is 13.6. The Labute approximate surface area is 138 Å². The highest BCUT2D eigenvalue weighted by Crippen LogP contribution is 2.27. The maximum Gasteiger partial charge on any atom is 0.263 e. The third-order valence-electron chi connectivity index (χ3n) is 2.83. The molecule has 118 valence electrons. The van der Waals surface area contributed by atoms with Crippen LogP contribution in [0.25, 0.3) is 0 Å². The number of anilines is 2. The fourth-order valence-electron chi connectivity index (χ4n) is 1.87. The van der Waals surface area contributed by atoms with E-state index in [4.69, 9.17) is 16.9 Å². The zero-order chi connectivity index (χ0) is 17.0. The molecule has 0 heterocycles. The summed E-state index contributed by atoms with van der Waals surface area (Å²) in [6.45, 7) is 1.34. The van der Waals surface area contributed by atoms with Crippen molar-refractivity contribution in [1.29, 1.82) is 5.26 Å². The first kappa shape index (κ1) is 16.8. The second-order valence-corrected chi connectivity index (χ2v) is 6.65. The number of benzene rings is 2. The van der Waals surface area contributed by atoms with Gasteiger partial charge >= 0.3 is 0 Å². The molecule has 8 heteroatoms. The molecule has 0 aliphatic carbocycles. The van der Waals surface area contributed by atoms with Crippen molar-refractivity contribution in [1.82, 2.24) is 0 Å². The molecule has 0 aliphatic rings. The number of nitrogens with one attached hydrogen (secondary N) is 2. The van der Waals surface area contributed by atoms with E-state index >= 15 is 0 Å². The van der Waals surface area contributed by atoms with E-state index in [0.29, 0.717) is 5.69 Å². The number of nitriles is 1. The Bertz CT molecular complexity index is 904. The van der Waals surface area contributed by atoms with Crippen LogP contribution in [0.4, 0.5) is 11.4 Å². The molecule has 0 radical (unpaired) electrons. The summed E-state index contributed by atoms with van der Waals surface area (Å²) < 4.78 is 27.1. The Kier molecular flexibility index (Phi) is 4.89. The van der Waals surface area contributed by atoms with Crippen molar-refractivity contribution >= 4 is 38.9 Å². The molecular weight excluding hydrogens is 338 g/mol. The van der Waals surface area contributed by atoms with Gasteiger partial charge in [0.25, 0.3) is 10.0 Å². The highest BCUT2D eigenvalue weighted by Gasteiger charge is 2.18. The predicted molar refractivity (Wildman–Crippen MR) is 87.7 cm³/mol. The van der Waals surface area contributed by atoms with Gasteiger partial charge in [0.15, 0.2) is 0 Å². The number of halogens is 1. The van der Waals surface area contributed by atoms with E-state index in [-0.39, 0.29) is 27.1 Å². The number of carbonyl (C=O) groups is 1. The van der Waals surface area contributed by atoms with Gasteiger partial charge in [-0.2, -0.15) is 5.26 Å². The first-order chi connectivity index (χ1) is 10.8. The molecule has 0 atom stereocenters. The quantitative estimate of drug-likeness (QED) is 0.886. The lowest BCUT2D eigenvalue weighted by Gasteiger charge is -2.11. The van der Waals surface area contributed by atoms with Crippen LogP contribution >= 0.6 is 11.6 Å². The maximum atomic E-state index is 12.4. The molecule has 2 aromatic rings. The normalized spacial score (nSPS) is 10.7. The molecular formula is C15H12ClN3O3S. The van der Waals surface area contributed by atoms with Gasteiger partial charge in [-0.3, -0.25) is 9.52 Å². The third-order valence-corrected chi connectivity index (χ3v) is 4.58. The summed E-state index contributed by atoms with van der Waals surface area (Å²) in [6.07, 6.45) is 0. The molecule has 0 bridgehead atoms. The first-order valence-electron chi connectivity index (χ1n) is 6.42. The van der Waals surface area contributed by atoms with Crippen LogP contribution in [0.2, 0.25) is 5.02 Å². The van der Waals surface area contributed by atoms with Crippen molar-refractivity contribution in [3.63, 3.8) is 0 Å². The van der Waals surface area contributed by atoms with Gasteiger partial charge in [0.2, 0.25) is 5.91 Å². The lowest BCUT2D eigenvalue weighted by Crippen LogP contribution is -2.14. The summed E-state index contributed by atoms with van der Waals surface area (Å²) in [5, 5.41) is 11.7. The second kappa shape index (κ2) is 6.69. The van der Waals surface area contributed by atoms with Crippen molar-refractivity contribution < 1.29 is 13.2 Å². The van der Waals surface area contributed by atoms with Crippen molar-refractivity contribution in [3.8, 4) is 6.07 Å². The molecule has 0 saturated heterocycles.